The zero-order valence-electron chi connectivity index (χ0n) is 13.5. The molecule has 0 saturated carbocycles. The van der Waals surface area contributed by atoms with Crippen LogP contribution in [0.15, 0.2) is 29.2 Å². The first-order valence-electron chi connectivity index (χ1n) is 7.42. The van der Waals surface area contributed by atoms with Gasteiger partial charge in [-0.05, 0) is 52.4 Å². The Kier molecular flexibility index (Phi) is 7.03. The highest BCUT2D eigenvalue weighted by atomic mass is 32.2. The van der Waals surface area contributed by atoms with Crippen LogP contribution in [0.5, 0.6) is 0 Å². The van der Waals surface area contributed by atoms with Gasteiger partial charge in [-0.15, -0.1) is 0 Å². The largest absolute Gasteiger partial charge is 0.417 e. The summed E-state index contributed by atoms with van der Waals surface area (Å²) in [6, 6.07) is 4.58. The van der Waals surface area contributed by atoms with Crippen molar-refractivity contribution in [2.45, 2.75) is 43.8 Å². The first-order chi connectivity index (χ1) is 10.6. The van der Waals surface area contributed by atoms with Crippen molar-refractivity contribution >= 4 is 10.0 Å². The summed E-state index contributed by atoms with van der Waals surface area (Å²) in [5.74, 6) is 0. The third kappa shape index (κ3) is 6.12. The van der Waals surface area contributed by atoms with Gasteiger partial charge in [0.2, 0.25) is 10.0 Å². The summed E-state index contributed by atoms with van der Waals surface area (Å²) in [6.07, 6.45) is -3.38. The molecule has 0 fully saturated rings. The highest BCUT2D eigenvalue weighted by Gasteiger charge is 2.36. The Hall–Kier alpha value is -1.12. The van der Waals surface area contributed by atoms with Crippen LogP contribution in [-0.2, 0) is 16.2 Å². The van der Waals surface area contributed by atoms with Gasteiger partial charge in [-0.25, -0.2) is 13.1 Å². The standard InChI is InChI=1S/C15H23F3N2O2S/c1-12(2)20(3)11-7-6-10-19-23(21,22)14-9-5-4-8-13(14)15(16,17)18/h4-5,8-9,12,19H,6-7,10-11H2,1-3H3. The molecule has 132 valence electrons. The fourth-order valence-electron chi connectivity index (χ4n) is 1.96. The van der Waals surface area contributed by atoms with Crippen LogP contribution < -0.4 is 4.72 Å². The van der Waals surface area contributed by atoms with Crippen molar-refractivity contribution in [1.29, 1.82) is 0 Å². The summed E-state index contributed by atoms with van der Waals surface area (Å²) < 4.78 is 65.1. The van der Waals surface area contributed by atoms with E-state index in [0.29, 0.717) is 12.5 Å². The number of hydrogen-bond donors (Lipinski definition) is 1. The third-order valence-electron chi connectivity index (χ3n) is 3.59. The number of alkyl halides is 3. The number of unbranched alkanes of at least 4 members (excludes halogenated alkanes) is 1. The molecule has 23 heavy (non-hydrogen) atoms. The van der Waals surface area contributed by atoms with E-state index < -0.39 is 26.7 Å². The molecule has 0 aliphatic rings. The first kappa shape index (κ1) is 19.9. The second-order valence-corrected chi connectivity index (χ2v) is 7.41. The molecule has 0 heterocycles. The Bertz CT molecular complexity index is 601. The lowest BCUT2D eigenvalue weighted by molar-refractivity contribution is -0.139. The number of sulfonamides is 1. The van der Waals surface area contributed by atoms with Gasteiger partial charge < -0.3 is 4.90 Å². The van der Waals surface area contributed by atoms with E-state index in [1.165, 1.54) is 12.1 Å². The molecule has 0 saturated heterocycles. The molecule has 1 rings (SSSR count). The van der Waals surface area contributed by atoms with Crippen LogP contribution in [-0.4, -0.2) is 39.5 Å². The summed E-state index contributed by atoms with van der Waals surface area (Å²) in [5.41, 5.74) is -1.15. The van der Waals surface area contributed by atoms with Gasteiger partial charge in [-0.1, -0.05) is 12.1 Å². The van der Waals surface area contributed by atoms with Crippen LogP contribution in [0.2, 0.25) is 0 Å². The number of hydrogen-bond acceptors (Lipinski definition) is 3. The zero-order chi connectivity index (χ0) is 17.7. The van der Waals surface area contributed by atoms with Crippen molar-refractivity contribution in [1.82, 2.24) is 9.62 Å². The van der Waals surface area contributed by atoms with Gasteiger partial charge in [0.05, 0.1) is 10.5 Å². The fraction of sp³-hybridized carbons (Fsp3) is 0.600. The van der Waals surface area contributed by atoms with E-state index in [1.807, 2.05) is 7.05 Å². The zero-order valence-corrected chi connectivity index (χ0v) is 14.3. The Labute approximate surface area is 135 Å². The molecule has 0 atom stereocenters. The Morgan fingerprint density at radius 1 is 1.17 bits per heavy atom. The predicted molar refractivity (Wildman–Crippen MR) is 83.6 cm³/mol. The van der Waals surface area contributed by atoms with Crippen molar-refractivity contribution in [2.24, 2.45) is 0 Å². The van der Waals surface area contributed by atoms with E-state index in [0.717, 1.165) is 25.1 Å². The normalized spacial score (nSPS) is 13.0. The van der Waals surface area contributed by atoms with Crippen LogP contribution in [0, 0.1) is 0 Å². The van der Waals surface area contributed by atoms with Crippen molar-refractivity contribution in [2.75, 3.05) is 20.1 Å². The van der Waals surface area contributed by atoms with E-state index >= 15 is 0 Å². The first-order valence-corrected chi connectivity index (χ1v) is 8.90. The Morgan fingerprint density at radius 2 is 1.78 bits per heavy atom. The molecular weight excluding hydrogens is 329 g/mol. The highest BCUT2D eigenvalue weighted by molar-refractivity contribution is 7.89. The van der Waals surface area contributed by atoms with E-state index in [4.69, 9.17) is 0 Å². The van der Waals surface area contributed by atoms with E-state index in [1.54, 1.807) is 0 Å². The summed E-state index contributed by atoms with van der Waals surface area (Å²) in [7, 11) is -2.21. The molecule has 0 aliphatic carbocycles. The maximum absolute atomic E-state index is 12.9. The molecule has 8 heteroatoms. The van der Waals surface area contributed by atoms with Crippen LogP contribution in [0.4, 0.5) is 13.2 Å². The van der Waals surface area contributed by atoms with Crippen molar-refractivity contribution in [3.63, 3.8) is 0 Å². The smallest absolute Gasteiger partial charge is 0.304 e. The van der Waals surface area contributed by atoms with Gasteiger partial charge >= 0.3 is 6.18 Å². The minimum atomic E-state index is -4.70. The number of rotatable bonds is 8. The van der Waals surface area contributed by atoms with E-state index in [9.17, 15) is 21.6 Å². The lowest BCUT2D eigenvalue weighted by Gasteiger charge is -2.20. The monoisotopic (exact) mass is 352 g/mol. The maximum atomic E-state index is 12.9. The molecule has 0 aromatic heterocycles. The number of nitrogens with zero attached hydrogens (tertiary/aromatic N) is 1. The van der Waals surface area contributed by atoms with Crippen LogP contribution >= 0.6 is 0 Å². The van der Waals surface area contributed by atoms with Gasteiger partial charge in [0.25, 0.3) is 0 Å². The second-order valence-electron chi connectivity index (χ2n) is 5.67. The number of benzene rings is 1. The number of nitrogens with one attached hydrogen (secondary N) is 1. The molecule has 0 amide bonds. The maximum Gasteiger partial charge on any atom is 0.417 e. The van der Waals surface area contributed by atoms with Crippen LogP contribution in [0.1, 0.15) is 32.3 Å². The van der Waals surface area contributed by atoms with Gasteiger partial charge in [0.1, 0.15) is 0 Å². The van der Waals surface area contributed by atoms with Crippen molar-refractivity contribution in [3.8, 4) is 0 Å². The molecule has 0 bridgehead atoms. The fourth-order valence-corrected chi connectivity index (χ4v) is 3.26. The lowest BCUT2D eigenvalue weighted by atomic mass is 10.2. The summed E-state index contributed by atoms with van der Waals surface area (Å²) in [6.45, 7) is 5.02. The lowest BCUT2D eigenvalue weighted by Crippen LogP contribution is -2.29. The van der Waals surface area contributed by atoms with Crippen LogP contribution in [0.25, 0.3) is 0 Å². The third-order valence-corrected chi connectivity index (χ3v) is 5.11. The van der Waals surface area contributed by atoms with E-state index in [2.05, 4.69) is 23.5 Å². The SMILES string of the molecule is CC(C)N(C)CCCCNS(=O)(=O)c1ccccc1C(F)(F)F. The minimum Gasteiger partial charge on any atom is -0.304 e. The van der Waals surface area contributed by atoms with Gasteiger partial charge in [-0.3, -0.25) is 0 Å². The van der Waals surface area contributed by atoms with Gasteiger partial charge in [0, 0.05) is 12.6 Å². The molecule has 0 aliphatic heterocycles. The molecular formula is C15H23F3N2O2S. The average molecular weight is 352 g/mol. The van der Waals surface area contributed by atoms with Gasteiger partial charge in [0.15, 0.2) is 0 Å². The average Bonchev–Trinajstić information content (AvgIpc) is 2.45. The molecule has 4 nitrogen and oxygen atoms in total. The van der Waals surface area contributed by atoms with Crippen molar-refractivity contribution in [3.05, 3.63) is 29.8 Å². The molecule has 0 radical (unpaired) electrons. The molecule has 1 aromatic carbocycles. The van der Waals surface area contributed by atoms with Crippen molar-refractivity contribution < 1.29 is 21.6 Å². The van der Waals surface area contributed by atoms with E-state index in [-0.39, 0.29) is 6.54 Å². The minimum absolute atomic E-state index is 0.112. The Morgan fingerprint density at radius 3 is 2.35 bits per heavy atom. The molecule has 1 N–H and O–H groups in total. The molecule has 0 spiro atoms. The topological polar surface area (TPSA) is 49.4 Å². The van der Waals surface area contributed by atoms with Gasteiger partial charge in [-0.2, -0.15) is 13.2 Å². The highest BCUT2D eigenvalue weighted by Crippen LogP contribution is 2.33. The molecule has 1 aromatic rings. The molecule has 0 unspecified atom stereocenters. The summed E-state index contributed by atoms with van der Waals surface area (Å²) in [5, 5.41) is 0. The number of halogens is 3. The summed E-state index contributed by atoms with van der Waals surface area (Å²) >= 11 is 0. The summed E-state index contributed by atoms with van der Waals surface area (Å²) in [4.78, 5) is 1.39. The Balaban J connectivity index is 2.64. The second kappa shape index (κ2) is 8.12. The van der Waals surface area contributed by atoms with Crippen LogP contribution in [0.3, 0.4) is 0 Å². The predicted octanol–water partition coefficient (Wildman–Crippen LogP) is 3.10. The quantitative estimate of drug-likeness (QED) is 0.732.